The average molecular weight is 456 g/mol. The lowest BCUT2D eigenvalue weighted by molar-refractivity contribution is -0.139. The largest absolute Gasteiger partial charge is 0.480 e. The van der Waals surface area contributed by atoms with E-state index in [2.05, 4.69) is 20.6 Å². The van der Waals surface area contributed by atoms with E-state index in [4.69, 9.17) is 34.8 Å². The van der Waals surface area contributed by atoms with Crippen LogP contribution in [0.25, 0.3) is 0 Å². The molecule has 3 N–H and O–H groups in total. The van der Waals surface area contributed by atoms with Crippen LogP contribution in [-0.2, 0) is 16.0 Å². The standard InChI is InChI=1S/C18H13Cl3N4O4/c19-10-6-22-7-11(20)15(10)17(27)24-9-2-1-8(23-5-9)3-13(18(28)29)25-12-4-14(26)16(12)21/h1-2,5-7,13,25H,3-4H2,(H,24,27)(H,28,29)/t13-/m0/s1. The molecule has 0 radical (unpaired) electrons. The van der Waals surface area contributed by atoms with Gasteiger partial charge in [0, 0.05) is 30.2 Å². The number of nitrogens with zero attached hydrogens (tertiary/aromatic N) is 2. The third-order valence-electron chi connectivity index (χ3n) is 4.07. The predicted molar refractivity (Wildman–Crippen MR) is 107 cm³/mol. The van der Waals surface area contributed by atoms with E-state index in [1.54, 1.807) is 12.1 Å². The molecule has 2 aromatic heterocycles. The van der Waals surface area contributed by atoms with E-state index < -0.39 is 17.9 Å². The van der Waals surface area contributed by atoms with Crippen molar-refractivity contribution in [2.24, 2.45) is 0 Å². The molecule has 29 heavy (non-hydrogen) atoms. The van der Waals surface area contributed by atoms with Gasteiger partial charge in [0.2, 0.25) is 0 Å². The topological polar surface area (TPSA) is 121 Å². The first-order chi connectivity index (χ1) is 13.8. The fourth-order valence-corrected chi connectivity index (χ4v) is 3.28. The number of ketones is 1. The molecule has 0 saturated heterocycles. The maximum Gasteiger partial charge on any atom is 0.326 e. The summed E-state index contributed by atoms with van der Waals surface area (Å²) in [5.41, 5.74) is 1.32. The number of pyridine rings is 2. The minimum Gasteiger partial charge on any atom is -0.480 e. The number of amides is 1. The number of nitrogens with one attached hydrogen (secondary N) is 2. The number of carbonyl (C=O) groups is 3. The summed E-state index contributed by atoms with van der Waals surface area (Å²) >= 11 is 17.7. The van der Waals surface area contributed by atoms with Crippen LogP contribution in [0.5, 0.6) is 0 Å². The van der Waals surface area contributed by atoms with Crippen molar-refractivity contribution in [3.63, 3.8) is 0 Å². The fourth-order valence-electron chi connectivity index (χ4n) is 2.55. The van der Waals surface area contributed by atoms with Crippen LogP contribution in [-0.4, -0.2) is 38.8 Å². The first-order valence-corrected chi connectivity index (χ1v) is 9.36. The molecule has 1 atom stereocenters. The predicted octanol–water partition coefficient (Wildman–Crippen LogP) is 3.04. The molecule has 0 saturated carbocycles. The summed E-state index contributed by atoms with van der Waals surface area (Å²) in [6.45, 7) is 0. The molecule has 1 aliphatic carbocycles. The summed E-state index contributed by atoms with van der Waals surface area (Å²) in [6.07, 6.45) is 4.13. The Kier molecular flexibility index (Phi) is 6.36. The Morgan fingerprint density at radius 3 is 2.34 bits per heavy atom. The Hall–Kier alpha value is -2.68. The van der Waals surface area contributed by atoms with Gasteiger partial charge in [-0.1, -0.05) is 34.8 Å². The second kappa shape index (κ2) is 8.77. The molecule has 0 bridgehead atoms. The number of carboxylic acids is 1. The molecule has 3 rings (SSSR count). The van der Waals surface area contributed by atoms with Gasteiger partial charge in [0.1, 0.15) is 11.1 Å². The summed E-state index contributed by atoms with van der Waals surface area (Å²) < 4.78 is 0. The smallest absolute Gasteiger partial charge is 0.326 e. The molecule has 1 aliphatic rings. The number of allylic oxidation sites excluding steroid dienone is 2. The average Bonchev–Trinajstić information content (AvgIpc) is 2.67. The van der Waals surface area contributed by atoms with Crippen LogP contribution in [0.3, 0.4) is 0 Å². The summed E-state index contributed by atoms with van der Waals surface area (Å²) in [6, 6.07) is 2.14. The molecule has 2 aromatic rings. The highest BCUT2D eigenvalue weighted by atomic mass is 35.5. The Balaban J connectivity index is 1.67. The first-order valence-electron chi connectivity index (χ1n) is 8.22. The van der Waals surface area contributed by atoms with E-state index in [-0.39, 0.29) is 39.3 Å². The molecule has 0 unspecified atom stereocenters. The molecule has 11 heteroatoms. The summed E-state index contributed by atoms with van der Waals surface area (Å²) in [4.78, 5) is 43.0. The van der Waals surface area contributed by atoms with Gasteiger partial charge in [0.15, 0.2) is 5.78 Å². The number of aromatic nitrogens is 2. The quantitative estimate of drug-likeness (QED) is 0.586. The van der Waals surface area contributed by atoms with E-state index in [1.165, 1.54) is 18.6 Å². The molecule has 0 aromatic carbocycles. The van der Waals surface area contributed by atoms with E-state index in [0.717, 1.165) is 0 Å². The number of Topliss-reactive ketones (excluding diaryl/α,β-unsaturated/α-hetero) is 1. The van der Waals surface area contributed by atoms with Crippen molar-refractivity contribution in [2.75, 3.05) is 5.32 Å². The van der Waals surface area contributed by atoms with Crippen LogP contribution in [0.4, 0.5) is 5.69 Å². The van der Waals surface area contributed by atoms with E-state index in [0.29, 0.717) is 17.1 Å². The van der Waals surface area contributed by atoms with E-state index in [9.17, 15) is 19.5 Å². The summed E-state index contributed by atoms with van der Waals surface area (Å²) in [7, 11) is 0. The van der Waals surface area contributed by atoms with Gasteiger partial charge >= 0.3 is 5.97 Å². The van der Waals surface area contributed by atoms with Crippen LogP contribution < -0.4 is 10.6 Å². The Morgan fingerprint density at radius 2 is 1.83 bits per heavy atom. The second-order valence-corrected chi connectivity index (χ2v) is 7.29. The van der Waals surface area contributed by atoms with Gasteiger partial charge in [-0.2, -0.15) is 0 Å². The van der Waals surface area contributed by atoms with Gasteiger partial charge in [-0.3, -0.25) is 19.6 Å². The third-order valence-corrected chi connectivity index (χ3v) is 5.08. The lowest BCUT2D eigenvalue weighted by Gasteiger charge is -2.23. The zero-order chi connectivity index (χ0) is 21.1. The van der Waals surface area contributed by atoms with Crippen LogP contribution in [0.1, 0.15) is 22.5 Å². The number of hydrogen-bond acceptors (Lipinski definition) is 6. The summed E-state index contributed by atoms with van der Waals surface area (Å²) in [5.74, 6) is -1.87. The zero-order valence-electron chi connectivity index (χ0n) is 14.6. The number of halogens is 3. The van der Waals surface area contributed by atoms with Crippen molar-refractivity contribution in [1.29, 1.82) is 0 Å². The SMILES string of the molecule is O=C1CC(N[C@@H](Cc2ccc(NC(=O)c3c(Cl)cncc3Cl)cn2)C(=O)O)=C1Cl. The monoisotopic (exact) mass is 454 g/mol. The first kappa shape index (κ1) is 21.0. The highest BCUT2D eigenvalue weighted by molar-refractivity contribution is 6.45. The van der Waals surface area contributed by atoms with Crippen LogP contribution in [0, 0.1) is 0 Å². The zero-order valence-corrected chi connectivity index (χ0v) is 16.8. The molecule has 0 aliphatic heterocycles. The van der Waals surface area contributed by atoms with Gasteiger partial charge in [-0.05, 0) is 12.1 Å². The third kappa shape index (κ3) is 4.84. The van der Waals surface area contributed by atoms with Gasteiger partial charge in [-0.25, -0.2) is 4.79 Å². The molecule has 0 fully saturated rings. The highest BCUT2D eigenvalue weighted by Crippen LogP contribution is 2.26. The van der Waals surface area contributed by atoms with Crippen molar-refractivity contribution in [1.82, 2.24) is 15.3 Å². The van der Waals surface area contributed by atoms with Crippen LogP contribution in [0.2, 0.25) is 10.0 Å². The molecule has 2 heterocycles. The molecule has 1 amide bonds. The Morgan fingerprint density at radius 1 is 1.14 bits per heavy atom. The molecular formula is C18H13Cl3N4O4. The minimum absolute atomic E-state index is 0.0238. The molecular weight excluding hydrogens is 443 g/mol. The van der Waals surface area contributed by atoms with Crippen LogP contribution in [0.15, 0.2) is 41.5 Å². The normalized spacial score (nSPS) is 14.2. The fraction of sp³-hybridized carbons (Fsp3) is 0.167. The lowest BCUT2D eigenvalue weighted by Crippen LogP contribution is -2.41. The van der Waals surface area contributed by atoms with Crippen molar-refractivity contribution in [3.8, 4) is 0 Å². The van der Waals surface area contributed by atoms with Crippen molar-refractivity contribution in [2.45, 2.75) is 18.9 Å². The number of aliphatic carboxylic acids is 1. The summed E-state index contributed by atoms with van der Waals surface area (Å²) in [5, 5.41) is 15.0. The van der Waals surface area contributed by atoms with E-state index >= 15 is 0 Å². The lowest BCUT2D eigenvalue weighted by atomic mass is 10.0. The van der Waals surface area contributed by atoms with Crippen LogP contribution >= 0.6 is 34.8 Å². The number of hydrogen-bond donors (Lipinski definition) is 3. The Labute approximate surface area is 179 Å². The molecule has 150 valence electrons. The Bertz CT molecular complexity index is 1000. The van der Waals surface area contributed by atoms with Crippen molar-refractivity contribution in [3.05, 3.63) is 62.8 Å². The number of anilines is 1. The maximum atomic E-state index is 12.4. The molecule has 8 nitrogen and oxygen atoms in total. The van der Waals surface area contributed by atoms with Gasteiger partial charge in [-0.15, -0.1) is 0 Å². The van der Waals surface area contributed by atoms with Gasteiger partial charge in [0.25, 0.3) is 5.91 Å². The molecule has 0 spiro atoms. The van der Waals surface area contributed by atoms with Gasteiger partial charge < -0.3 is 15.7 Å². The van der Waals surface area contributed by atoms with Gasteiger partial charge in [0.05, 0.1) is 33.9 Å². The van der Waals surface area contributed by atoms with Crippen molar-refractivity contribution >= 4 is 58.1 Å². The van der Waals surface area contributed by atoms with E-state index in [1.807, 2.05) is 0 Å². The number of carboxylic acid groups (broad SMARTS) is 1. The highest BCUT2D eigenvalue weighted by Gasteiger charge is 2.29. The van der Waals surface area contributed by atoms with Crippen molar-refractivity contribution < 1.29 is 19.5 Å². The second-order valence-electron chi connectivity index (χ2n) is 6.10. The maximum absolute atomic E-state index is 12.4. The minimum atomic E-state index is -1.11. The number of carbonyl (C=O) groups excluding carboxylic acids is 2. The number of rotatable bonds is 7.